The number of hydrogen-bond acceptors (Lipinski definition) is 11. The quantitative estimate of drug-likeness (QED) is 0.426. The van der Waals surface area contributed by atoms with Gasteiger partial charge in [0.15, 0.2) is 11.5 Å². The van der Waals surface area contributed by atoms with E-state index in [0.29, 0.717) is 29.7 Å². The second kappa shape index (κ2) is 10.9. The number of rotatable bonds is 6. The maximum absolute atomic E-state index is 11.7. The summed E-state index contributed by atoms with van der Waals surface area (Å²) in [5.74, 6) is -3.15. The van der Waals surface area contributed by atoms with Gasteiger partial charge in [0.1, 0.15) is 23.4 Å². The van der Waals surface area contributed by atoms with Crippen molar-refractivity contribution >= 4 is 29.8 Å². The maximum atomic E-state index is 11.7. The molecule has 11 nitrogen and oxygen atoms in total. The van der Waals surface area contributed by atoms with Crippen LogP contribution in [0.15, 0.2) is 24.3 Å². The molecule has 190 valence electrons. The van der Waals surface area contributed by atoms with E-state index in [-0.39, 0.29) is 28.7 Å². The van der Waals surface area contributed by atoms with Crippen molar-refractivity contribution < 1.29 is 52.4 Å². The van der Waals surface area contributed by atoms with Crippen LogP contribution in [0.5, 0.6) is 34.5 Å². The van der Waals surface area contributed by atoms with Crippen molar-refractivity contribution in [1.82, 2.24) is 0 Å². The Balaban J connectivity index is 2.08. The van der Waals surface area contributed by atoms with Crippen molar-refractivity contribution in [3.8, 4) is 34.5 Å². The summed E-state index contributed by atoms with van der Waals surface area (Å²) in [4.78, 5) is 58.1. The second-order valence-corrected chi connectivity index (χ2v) is 7.86. The smallest absolute Gasteiger partial charge is 0.308 e. The van der Waals surface area contributed by atoms with Crippen LogP contribution in [0.25, 0.3) is 0 Å². The fourth-order valence-electron chi connectivity index (χ4n) is 3.63. The fourth-order valence-corrected chi connectivity index (χ4v) is 3.63. The number of carbonyl (C=O) groups is 5. The van der Waals surface area contributed by atoms with Crippen LogP contribution in [0.4, 0.5) is 0 Å². The molecule has 0 amide bonds. The zero-order valence-corrected chi connectivity index (χ0v) is 20.3. The highest BCUT2D eigenvalue weighted by atomic mass is 16.6. The van der Waals surface area contributed by atoms with E-state index >= 15 is 0 Å². The first-order chi connectivity index (χ1) is 16.9. The van der Waals surface area contributed by atoms with Crippen LogP contribution in [0.2, 0.25) is 0 Å². The lowest BCUT2D eigenvalue weighted by atomic mass is 9.96. The molecule has 11 heteroatoms. The van der Waals surface area contributed by atoms with Crippen molar-refractivity contribution in [1.29, 1.82) is 0 Å². The molecule has 1 aliphatic rings. The Hall–Kier alpha value is -4.41. The first-order valence-electron chi connectivity index (χ1n) is 10.9. The molecule has 1 aliphatic heterocycles. The van der Waals surface area contributed by atoms with Gasteiger partial charge in [0.05, 0.1) is 0 Å². The van der Waals surface area contributed by atoms with Gasteiger partial charge in [-0.15, -0.1) is 0 Å². The molecule has 0 unspecified atom stereocenters. The van der Waals surface area contributed by atoms with E-state index in [1.807, 2.05) is 0 Å². The summed E-state index contributed by atoms with van der Waals surface area (Å²) in [6.07, 6.45) is 0.144. The van der Waals surface area contributed by atoms with Crippen LogP contribution in [-0.2, 0) is 30.4 Å². The van der Waals surface area contributed by atoms with Crippen LogP contribution in [0, 0.1) is 0 Å². The summed E-state index contributed by atoms with van der Waals surface area (Å²) >= 11 is 0. The van der Waals surface area contributed by atoms with Crippen LogP contribution in [0.1, 0.15) is 58.3 Å². The minimum Gasteiger partial charge on any atom is -0.485 e. The molecule has 1 atom stereocenters. The van der Waals surface area contributed by atoms with Gasteiger partial charge in [-0.3, -0.25) is 24.0 Å². The molecule has 0 N–H and O–H groups in total. The molecule has 0 spiro atoms. The number of hydrogen-bond donors (Lipinski definition) is 0. The second-order valence-electron chi connectivity index (χ2n) is 7.86. The van der Waals surface area contributed by atoms with E-state index in [4.69, 9.17) is 28.4 Å². The molecule has 0 saturated carbocycles. The average Bonchev–Trinajstić information content (AvgIpc) is 2.73. The fraction of sp³-hybridized carbons (Fsp3) is 0.320. The average molecular weight is 500 g/mol. The SMILES string of the molecule is CC(=O)Oc1cc(OC(C)=O)c2c(c1)O[C@H](c1cc(OC(C)=O)c(OC(C)=O)c(OC(C)=O)c1)CC2. The van der Waals surface area contributed by atoms with Crippen molar-refractivity contribution in [3.05, 3.63) is 35.4 Å². The van der Waals surface area contributed by atoms with Gasteiger partial charge in [-0.1, -0.05) is 0 Å². The third kappa shape index (κ3) is 6.59. The van der Waals surface area contributed by atoms with Gasteiger partial charge >= 0.3 is 29.8 Å². The standard InChI is InChI=1S/C25H24O11/c1-12(26)31-18-10-21(32-13(2)27)19-6-7-20(36-22(19)11-18)17-8-23(33-14(3)28)25(35-16(5)30)24(9-17)34-15(4)29/h8-11,20H,6-7H2,1-5H3/t20-/m0/s1. The minimum absolute atomic E-state index is 0.115. The summed E-state index contributed by atoms with van der Waals surface area (Å²) in [7, 11) is 0. The monoisotopic (exact) mass is 500 g/mol. The van der Waals surface area contributed by atoms with Gasteiger partial charge in [0.25, 0.3) is 0 Å². The summed E-state index contributed by atoms with van der Waals surface area (Å²) in [5, 5.41) is 0. The third-order valence-corrected chi connectivity index (χ3v) is 4.75. The highest BCUT2D eigenvalue weighted by Crippen LogP contribution is 2.46. The lowest BCUT2D eigenvalue weighted by molar-refractivity contribution is -0.135. The van der Waals surface area contributed by atoms with E-state index in [0.717, 1.165) is 20.8 Å². The Bertz CT molecular complexity index is 1210. The van der Waals surface area contributed by atoms with Crippen molar-refractivity contribution in [2.24, 2.45) is 0 Å². The molecule has 1 heterocycles. The Labute approximate surface area is 206 Å². The number of ether oxygens (including phenoxy) is 6. The Morgan fingerprint density at radius 1 is 0.667 bits per heavy atom. The molecule has 0 aromatic heterocycles. The normalized spacial score (nSPS) is 14.0. The molecule has 0 bridgehead atoms. The molecule has 3 rings (SSSR count). The Morgan fingerprint density at radius 3 is 1.67 bits per heavy atom. The zero-order chi connectivity index (χ0) is 26.6. The van der Waals surface area contributed by atoms with Gasteiger partial charge in [-0.25, -0.2) is 0 Å². The molecular formula is C25H24O11. The summed E-state index contributed by atoms with van der Waals surface area (Å²) in [5.41, 5.74) is 1.03. The number of benzene rings is 2. The van der Waals surface area contributed by atoms with Crippen LogP contribution in [0.3, 0.4) is 0 Å². The van der Waals surface area contributed by atoms with E-state index in [1.54, 1.807) is 0 Å². The van der Waals surface area contributed by atoms with Gasteiger partial charge in [-0.05, 0) is 25.0 Å². The molecule has 2 aromatic rings. The minimum atomic E-state index is -0.719. The van der Waals surface area contributed by atoms with E-state index in [2.05, 4.69) is 0 Å². The number of esters is 5. The summed E-state index contributed by atoms with van der Waals surface area (Å²) < 4.78 is 32.1. The summed E-state index contributed by atoms with van der Waals surface area (Å²) in [6, 6.07) is 5.79. The molecular weight excluding hydrogens is 476 g/mol. The lowest BCUT2D eigenvalue weighted by Crippen LogP contribution is -2.18. The Kier molecular flexibility index (Phi) is 7.93. The number of carbonyl (C=O) groups excluding carboxylic acids is 5. The van der Waals surface area contributed by atoms with Crippen molar-refractivity contribution in [3.63, 3.8) is 0 Å². The van der Waals surface area contributed by atoms with E-state index in [9.17, 15) is 24.0 Å². The molecule has 0 saturated heterocycles. The van der Waals surface area contributed by atoms with E-state index < -0.39 is 36.0 Å². The zero-order valence-electron chi connectivity index (χ0n) is 20.3. The molecule has 2 aromatic carbocycles. The van der Waals surface area contributed by atoms with E-state index in [1.165, 1.54) is 38.1 Å². The predicted molar refractivity (Wildman–Crippen MR) is 121 cm³/mol. The van der Waals surface area contributed by atoms with Crippen LogP contribution < -0.4 is 28.4 Å². The first kappa shape index (κ1) is 26.2. The number of fused-ring (bicyclic) bond motifs is 1. The van der Waals surface area contributed by atoms with Gasteiger partial charge < -0.3 is 28.4 Å². The molecule has 0 radical (unpaired) electrons. The highest BCUT2D eigenvalue weighted by molar-refractivity contribution is 5.78. The van der Waals surface area contributed by atoms with Crippen molar-refractivity contribution in [2.75, 3.05) is 0 Å². The lowest BCUT2D eigenvalue weighted by Gasteiger charge is -2.28. The van der Waals surface area contributed by atoms with Gasteiger partial charge in [0, 0.05) is 57.9 Å². The van der Waals surface area contributed by atoms with Crippen molar-refractivity contribution in [2.45, 2.75) is 53.6 Å². The highest BCUT2D eigenvalue weighted by Gasteiger charge is 2.29. The van der Waals surface area contributed by atoms with Gasteiger partial charge in [-0.2, -0.15) is 0 Å². The maximum Gasteiger partial charge on any atom is 0.308 e. The van der Waals surface area contributed by atoms with Gasteiger partial charge in [0.2, 0.25) is 5.75 Å². The largest absolute Gasteiger partial charge is 0.485 e. The van der Waals surface area contributed by atoms with Crippen LogP contribution in [-0.4, -0.2) is 29.8 Å². The molecule has 0 fully saturated rings. The predicted octanol–water partition coefficient (Wildman–Crippen LogP) is 3.38. The summed E-state index contributed by atoms with van der Waals surface area (Å²) in [6.45, 7) is 5.94. The first-order valence-corrected chi connectivity index (χ1v) is 10.9. The molecule has 0 aliphatic carbocycles. The topological polar surface area (TPSA) is 141 Å². The van der Waals surface area contributed by atoms with Crippen LogP contribution >= 0.6 is 0 Å². The Morgan fingerprint density at radius 2 is 1.17 bits per heavy atom. The molecule has 36 heavy (non-hydrogen) atoms. The third-order valence-electron chi connectivity index (χ3n) is 4.75.